The molecule has 3 atom stereocenters. The maximum Gasteiger partial charge on any atom is 0.214 e. The molecule has 2 N–H and O–H groups in total. The monoisotopic (exact) mass is 528 g/mol. The third-order valence-electron chi connectivity index (χ3n) is 6.36. The van der Waals surface area contributed by atoms with Gasteiger partial charge in [-0.25, -0.2) is 12.7 Å². The number of halogens is 1. The minimum atomic E-state index is -3.09. The zero-order valence-corrected chi connectivity index (χ0v) is 20.8. The number of hydrogen-bond acceptors (Lipinski definition) is 4. The number of nitrogens with one attached hydrogen (secondary N) is 2. The predicted molar refractivity (Wildman–Crippen MR) is 124 cm³/mol. The van der Waals surface area contributed by atoms with Gasteiger partial charge in [-0.3, -0.25) is 4.99 Å². The lowest BCUT2D eigenvalue weighted by atomic mass is 9.57. The smallest absolute Gasteiger partial charge is 0.214 e. The summed E-state index contributed by atoms with van der Waals surface area (Å²) in [5.41, 5.74) is 0.106. The second kappa shape index (κ2) is 9.78. The van der Waals surface area contributed by atoms with Crippen LogP contribution in [0.4, 0.5) is 0 Å². The molecule has 7 nitrogen and oxygen atoms in total. The molecule has 1 saturated carbocycles. The van der Waals surface area contributed by atoms with Crippen LogP contribution in [0.5, 0.6) is 0 Å². The summed E-state index contributed by atoms with van der Waals surface area (Å²) in [6.07, 6.45) is 3.76. The molecule has 3 fully saturated rings. The van der Waals surface area contributed by atoms with Crippen LogP contribution in [0.2, 0.25) is 0 Å². The van der Waals surface area contributed by atoms with Gasteiger partial charge in [0, 0.05) is 49.7 Å². The Morgan fingerprint density at radius 1 is 1.18 bits per heavy atom. The van der Waals surface area contributed by atoms with E-state index in [0.717, 1.165) is 38.4 Å². The Morgan fingerprint density at radius 3 is 2.46 bits per heavy atom. The quantitative estimate of drug-likeness (QED) is 0.314. The van der Waals surface area contributed by atoms with Crippen molar-refractivity contribution >= 4 is 40.0 Å². The van der Waals surface area contributed by atoms with Crippen LogP contribution < -0.4 is 10.6 Å². The molecule has 3 rings (SSSR count). The van der Waals surface area contributed by atoms with E-state index in [2.05, 4.69) is 29.5 Å². The molecule has 0 aromatic heterocycles. The molecule has 0 aromatic carbocycles. The lowest BCUT2D eigenvalue weighted by Crippen LogP contribution is -2.68. The molecule has 28 heavy (non-hydrogen) atoms. The summed E-state index contributed by atoms with van der Waals surface area (Å²) in [6, 6.07) is 0.627. The second-order valence-corrected chi connectivity index (χ2v) is 10.7. The van der Waals surface area contributed by atoms with Gasteiger partial charge in [0.05, 0.1) is 11.9 Å². The molecular weight excluding hydrogens is 491 g/mol. The van der Waals surface area contributed by atoms with E-state index >= 15 is 0 Å². The van der Waals surface area contributed by atoms with Crippen LogP contribution in [0.15, 0.2) is 4.99 Å². The summed E-state index contributed by atoms with van der Waals surface area (Å²) in [6.45, 7) is 11.2. The SMILES string of the molecule is CCCS(=O)(=O)N1CCC(NC(=NCC)NC2C3CCOC3C2(C)C)CC1.I. The van der Waals surface area contributed by atoms with Crippen molar-refractivity contribution in [2.45, 2.75) is 71.6 Å². The zero-order valence-electron chi connectivity index (χ0n) is 17.6. The highest BCUT2D eigenvalue weighted by Gasteiger charge is 2.59. The Kier molecular flexibility index (Phi) is 8.44. The molecule has 2 heterocycles. The molecular formula is C19H37IN4O3S. The standard InChI is InChI=1S/C19H36N4O3S.HI/c1-5-13-27(24,25)23-10-7-14(8-11-23)21-18(20-6-2)22-16-15-9-12-26-17(15)19(16,3)4;/h14-17H,5-13H2,1-4H3,(H2,20,21,22);1H. The van der Waals surface area contributed by atoms with Crippen molar-refractivity contribution in [1.82, 2.24) is 14.9 Å². The molecule has 3 unspecified atom stereocenters. The van der Waals surface area contributed by atoms with Gasteiger partial charge in [0.1, 0.15) is 0 Å². The number of guanidine groups is 1. The molecule has 0 spiro atoms. The van der Waals surface area contributed by atoms with Crippen molar-refractivity contribution in [3.8, 4) is 0 Å². The first-order chi connectivity index (χ1) is 12.8. The van der Waals surface area contributed by atoms with Gasteiger partial charge < -0.3 is 15.4 Å². The van der Waals surface area contributed by atoms with E-state index in [9.17, 15) is 8.42 Å². The summed E-state index contributed by atoms with van der Waals surface area (Å²) in [5.74, 6) is 1.66. The number of ether oxygens (including phenoxy) is 1. The first-order valence-electron chi connectivity index (χ1n) is 10.5. The van der Waals surface area contributed by atoms with Gasteiger partial charge in [0.25, 0.3) is 0 Å². The van der Waals surface area contributed by atoms with Crippen LogP contribution in [-0.4, -0.2) is 68.9 Å². The lowest BCUT2D eigenvalue weighted by Gasteiger charge is -2.55. The Bertz CT molecular complexity index is 648. The molecule has 2 aliphatic heterocycles. The van der Waals surface area contributed by atoms with Crippen LogP contribution in [0.1, 0.15) is 53.4 Å². The van der Waals surface area contributed by atoms with E-state index in [4.69, 9.17) is 4.74 Å². The number of aliphatic imine (C=N–C) groups is 1. The summed E-state index contributed by atoms with van der Waals surface area (Å²) in [7, 11) is -3.09. The van der Waals surface area contributed by atoms with Gasteiger partial charge in [-0.05, 0) is 32.6 Å². The van der Waals surface area contributed by atoms with Crippen molar-refractivity contribution in [3.05, 3.63) is 0 Å². The Labute approximate surface area is 187 Å². The van der Waals surface area contributed by atoms with Gasteiger partial charge >= 0.3 is 0 Å². The molecule has 0 amide bonds. The molecule has 0 bridgehead atoms. The van der Waals surface area contributed by atoms with Gasteiger partial charge in [-0.15, -0.1) is 24.0 Å². The van der Waals surface area contributed by atoms with Crippen molar-refractivity contribution < 1.29 is 13.2 Å². The van der Waals surface area contributed by atoms with Gasteiger partial charge in [0.15, 0.2) is 5.96 Å². The predicted octanol–water partition coefficient (Wildman–Crippen LogP) is 2.18. The Hall–Kier alpha value is -0.130. The van der Waals surface area contributed by atoms with Gasteiger partial charge in [-0.2, -0.15) is 0 Å². The van der Waals surface area contributed by atoms with E-state index in [-0.39, 0.29) is 41.2 Å². The number of rotatable bonds is 6. The highest BCUT2D eigenvalue weighted by molar-refractivity contribution is 14.0. The van der Waals surface area contributed by atoms with E-state index < -0.39 is 10.0 Å². The molecule has 9 heteroatoms. The average molecular weight is 529 g/mol. The second-order valence-electron chi connectivity index (χ2n) is 8.64. The maximum absolute atomic E-state index is 12.2. The Morgan fingerprint density at radius 2 is 1.86 bits per heavy atom. The van der Waals surface area contributed by atoms with E-state index in [1.54, 1.807) is 4.31 Å². The third-order valence-corrected chi connectivity index (χ3v) is 8.44. The Balaban J connectivity index is 0.00000280. The van der Waals surface area contributed by atoms with Gasteiger partial charge in [-0.1, -0.05) is 20.8 Å². The van der Waals surface area contributed by atoms with Crippen molar-refractivity contribution in [2.24, 2.45) is 16.3 Å². The number of hydrogen-bond donors (Lipinski definition) is 2. The summed E-state index contributed by atoms with van der Waals surface area (Å²) in [5, 5.41) is 7.21. The molecule has 3 aliphatic rings. The van der Waals surface area contributed by atoms with Gasteiger partial charge in [0.2, 0.25) is 10.0 Å². The summed E-state index contributed by atoms with van der Waals surface area (Å²) < 4.78 is 32.0. The first kappa shape index (κ1) is 24.1. The summed E-state index contributed by atoms with van der Waals surface area (Å²) in [4.78, 5) is 4.64. The molecule has 0 radical (unpaired) electrons. The lowest BCUT2D eigenvalue weighted by molar-refractivity contribution is -0.106. The van der Waals surface area contributed by atoms with Crippen LogP contribution in [-0.2, 0) is 14.8 Å². The number of nitrogens with zero attached hydrogens (tertiary/aromatic N) is 2. The fourth-order valence-corrected chi connectivity index (χ4v) is 6.46. The first-order valence-corrected chi connectivity index (χ1v) is 12.1. The number of fused-ring (bicyclic) bond motifs is 1. The van der Waals surface area contributed by atoms with Crippen molar-refractivity contribution in [2.75, 3.05) is 32.0 Å². The average Bonchev–Trinajstić information content (AvgIpc) is 3.07. The van der Waals surface area contributed by atoms with Crippen molar-refractivity contribution in [3.63, 3.8) is 0 Å². The van der Waals surface area contributed by atoms with E-state index in [0.29, 0.717) is 37.6 Å². The van der Waals surface area contributed by atoms with Crippen LogP contribution >= 0.6 is 24.0 Å². The van der Waals surface area contributed by atoms with Crippen LogP contribution in [0, 0.1) is 11.3 Å². The van der Waals surface area contributed by atoms with Crippen LogP contribution in [0.25, 0.3) is 0 Å². The van der Waals surface area contributed by atoms with E-state index in [1.165, 1.54) is 0 Å². The molecule has 164 valence electrons. The zero-order chi connectivity index (χ0) is 19.7. The highest BCUT2D eigenvalue weighted by atomic mass is 127. The largest absolute Gasteiger partial charge is 0.377 e. The van der Waals surface area contributed by atoms with Crippen molar-refractivity contribution in [1.29, 1.82) is 0 Å². The molecule has 2 saturated heterocycles. The van der Waals surface area contributed by atoms with E-state index in [1.807, 2.05) is 13.8 Å². The number of sulfonamides is 1. The molecule has 0 aromatic rings. The summed E-state index contributed by atoms with van der Waals surface area (Å²) >= 11 is 0. The van der Waals surface area contributed by atoms with Crippen LogP contribution in [0.3, 0.4) is 0 Å². The molecule has 1 aliphatic carbocycles. The highest BCUT2D eigenvalue weighted by Crippen LogP contribution is 2.52. The maximum atomic E-state index is 12.2. The fourth-order valence-electron chi connectivity index (χ4n) is 4.91. The normalized spacial score (nSPS) is 30.9. The topological polar surface area (TPSA) is 83.0 Å². The third kappa shape index (κ3) is 4.95. The minimum absolute atomic E-state index is 0. The fraction of sp³-hybridized carbons (Fsp3) is 0.947. The number of piperidine rings is 1. The minimum Gasteiger partial charge on any atom is -0.377 e.